The Morgan fingerprint density at radius 3 is 2.81 bits per heavy atom. The summed E-state index contributed by atoms with van der Waals surface area (Å²) in [4.78, 5) is 13.9. The number of fused-ring (bicyclic) bond motifs is 1. The Morgan fingerprint density at radius 1 is 1.46 bits per heavy atom. The molecule has 1 aliphatic rings. The topological polar surface area (TPSA) is 93.6 Å². The van der Waals surface area contributed by atoms with Gasteiger partial charge in [-0.15, -0.1) is 0 Å². The van der Waals surface area contributed by atoms with Crippen molar-refractivity contribution in [1.29, 1.82) is 0 Å². The minimum Gasteiger partial charge on any atom is -0.487 e. The molecule has 0 bridgehead atoms. The van der Waals surface area contributed by atoms with Gasteiger partial charge in [0.2, 0.25) is 0 Å². The first-order chi connectivity index (χ1) is 12.1. The molecule has 1 aliphatic heterocycles. The number of ether oxygens (including phenoxy) is 1. The van der Waals surface area contributed by atoms with E-state index in [-0.39, 0.29) is 25.6 Å². The van der Waals surface area contributed by atoms with Crippen molar-refractivity contribution in [3.05, 3.63) is 41.2 Å². The lowest BCUT2D eigenvalue weighted by molar-refractivity contribution is -0.0159. The van der Waals surface area contributed by atoms with Crippen LogP contribution in [0.15, 0.2) is 24.5 Å². The van der Waals surface area contributed by atoms with Crippen LogP contribution in [0.2, 0.25) is 0 Å². The summed E-state index contributed by atoms with van der Waals surface area (Å²) >= 11 is 0. The highest BCUT2D eigenvalue weighted by atomic mass is 19.1. The molecule has 0 fully saturated rings. The minimum atomic E-state index is -1.54. The Hall–Kier alpha value is -2.61. The smallest absolute Gasteiger partial charge is 0.254 e. The van der Waals surface area contributed by atoms with Crippen LogP contribution >= 0.6 is 0 Å². The number of benzene rings is 1. The highest BCUT2D eigenvalue weighted by Crippen LogP contribution is 2.33. The van der Waals surface area contributed by atoms with Crippen molar-refractivity contribution in [2.45, 2.75) is 38.8 Å². The van der Waals surface area contributed by atoms with Gasteiger partial charge in [-0.25, -0.2) is 4.39 Å². The number of hydrogen-bond acceptors (Lipinski definition) is 5. The third-order valence-electron chi connectivity index (χ3n) is 4.41. The van der Waals surface area contributed by atoms with Crippen LogP contribution in [0.5, 0.6) is 5.75 Å². The Balaban J connectivity index is 1.74. The molecule has 0 radical (unpaired) electrons. The van der Waals surface area contributed by atoms with Gasteiger partial charge in [0.05, 0.1) is 24.0 Å². The number of anilines is 1. The van der Waals surface area contributed by atoms with E-state index in [0.717, 1.165) is 11.1 Å². The molecule has 0 saturated carbocycles. The molecule has 0 saturated heterocycles. The van der Waals surface area contributed by atoms with Gasteiger partial charge in [-0.3, -0.25) is 9.48 Å². The maximum atomic E-state index is 14.1. The van der Waals surface area contributed by atoms with Gasteiger partial charge in [0.15, 0.2) is 0 Å². The molecule has 1 aromatic heterocycles. The second-order valence-corrected chi connectivity index (χ2v) is 7.16. The van der Waals surface area contributed by atoms with Crippen molar-refractivity contribution < 1.29 is 19.0 Å². The Labute approximate surface area is 151 Å². The number of hydrogen-bond donors (Lipinski definition) is 2. The van der Waals surface area contributed by atoms with Crippen LogP contribution in [0, 0.1) is 0 Å². The minimum absolute atomic E-state index is 0.178. The molecule has 26 heavy (non-hydrogen) atoms. The van der Waals surface area contributed by atoms with Gasteiger partial charge in [0.25, 0.3) is 5.91 Å². The van der Waals surface area contributed by atoms with Gasteiger partial charge >= 0.3 is 0 Å². The summed E-state index contributed by atoms with van der Waals surface area (Å²) in [5.74, 6) is 0.111. The van der Waals surface area contributed by atoms with E-state index in [1.54, 1.807) is 23.0 Å². The molecule has 1 amide bonds. The van der Waals surface area contributed by atoms with Crippen molar-refractivity contribution >= 4 is 11.6 Å². The van der Waals surface area contributed by atoms with Gasteiger partial charge in [-0.1, -0.05) is 0 Å². The van der Waals surface area contributed by atoms with Crippen LogP contribution in [0.1, 0.15) is 35.3 Å². The third-order valence-corrected chi connectivity index (χ3v) is 4.41. The zero-order chi connectivity index (χ0) is 19.1. The molecule has 7 nitrogen and oxygen atoms in total. The Bertz CT molecular complexity index is 828. The largest absolute Gasteiger partial charge is 0.487 e. The van der Waals surface area contributed by atoms with Crippen LogP contribution in [0.3, 0.4) is 0 Å². The average molecular weight is 362 g/mol. The average Bonchev–Trinajstić information content (AvgIpc) is 3.08. The molecule has 0 spiro atoms. The number of alkyl halides is 1. The zero-order valence-corrected chi connectivity index (χ0v) is 15.1. The van der Waals surface area contributed by atoms with Gasteiger partial charge in [-0.2, -0.15) is 5.10 Å². The van der Waals surface area contributed by atoms with Crippen LogP contribution in [-0.2, 0) is 20.2 Å². The number of aryl methyl sites for hydroxylation is 1. The molecule has 0 unspecified atom stereocenters. The Morgan fingerprint density at radius 2 is 2.19 bits per heavy atom. The van der Waals surface area contributed by atoms with Crippen molar-refractivity contribution in [3.63, 3.8) is 0 Å². The number of aromatic nitrogens is 2. The molecule has 2 heterocycles. The van der Waals surface area contributed by atoms with E-state index in [9.17, 15) is 14.3 Å². The number of carbonyl (C=O) groups excluding carboxylic acids is 1. The van der Waals surface area contributed by atoms with E-state index in [0.29, 0.717) is 17.0 Å². The molecular weight excluding hydrogens is 339 g/mol. The summed E-state index contributed by atoms with van der Waals surface area (Å²) in [5.41, 5.74) is 7.00. The Kier molecular flexibility index (Phi) is 4.62. The normalized spacial score (nSPS) is 15.3. The van der Waals surface area contributed by atoms with Gasteiger partial charge in [-0.05, 0) is 31.5 Å². The number of nitrogens with two attached hydrogens (primary N) is 1. The van der Waals surface area contributed by atoms with Crippen molar-refractivity contribution in [2.24, 2.45) is 7.05 Å². The third kappa shape index (κ3) is 3.65. The summed E-state index contributed by atoms with van der Waals surface area (Å²) < 4.78 is 21.5. The first kappa shape index (κ1) is 18.2. The van der Waals surface area contributed by atoms with E-state index in [1.165, 1.54) is 18.7 Å². The molecule has 8 heteroatoms. The van der Waals surface area contributed by atoms with Crippen LogP contribution in [0.4, 0.5) is 10.1 Å². The summed E-state index contributed by atoms with van der Waals surface area (Å²) in [6.07, 6.45) is 1.97. The number of carbonyl (C=O) groups is 1. The van der Waals surface area contributed by atoms with E-state index >= 15 is 0 Å². The first-order valence-electron chi connectivity index (χ1n) is 8.33. The molecule has 0 aliphatic carbocycles. The molecule has 3 rings (SSSR count). The number of nitrogens with zero attached hydrogens (tertiary/aromatic N) is 3. The fourth-order valence-corrected chi connectivity index (χ4v) is 2.82. The SMILES string of the molecule is Cn1cc(COc2cc3c(cc2N)CN(C[C@H](F)C(C)(C)O)C3=O)cn1. The molecular formula is C18H23FN4O3. The highest BCUT2D eigenvalue weighted by Gasteiger charge is 2.35. The van der Waals surface area contributed by atoms with E-state index < -0.39 is 11.8 Å². The predicted molar refractivity (Wildman–Crippen MR) is 94.3 cm³/mol. The molecule has 3 N–H and O–H groups in total. The molecule has 140 valence electrons. The fourth-order valence-electron chi connectivity index (χ4n) is 2.82. The lowest BCUT2D eigenvalue weighted by Gasteiger charge is -2.26. The predicted octanol–water partition coefficient (Wildman–Crippen LogP) is 1.65. The second-order valence-electron chi connectivity index (χ2n) is 7.16. The number of amides is 1. The summed E-state index contributed by atoms with van der Waals surface area (Å²) in [7, 11) is 1.81. The lowest BCUT2D eigenvalue weighted by Crippen LogP contribution is -2.42. The summed E-state index contributed by atoms with van der Waals surface area (Å²) in [5, 5.41) is 13.8. The quantitative estimate of drug-likeness (QED) is 0.762. The number of nitrogen functional groups attached to an aromatic ring is 1. The lowest BCUT2D eigenvalue weighted by atomic mass is 10.0. The van der Waals surface area contributed by atoms with Crippen molar-refractivity contribution in [3.8, 4) is 5.75 Å². The molecule has 1 aromatic carbocycles. The number of halogens is 1. The van der Waals surface area contributed by atoms with E-state index in [4.69, 9.17) is 10.5 Å². The van der Waals surface area contributed by atoms with E-state index in [2.05, 4.69) is 5.10 Å². The van der Waals surface area contributed by atoms with Gasteiger partial charge in [0.1, 0.15) is 18.5 Å². The van der Waals surface area contributed by atoms with Crippen molar-refractivity contribution in [2.75, 3.05) is 12.3 Å². The summed E-state index contributed by atoms with van der Waals surface area (Å²) in [6.45, 7) is 3.13. The molecule has 2 aromatic rings. The standard InChI is InChI=1S/C18H23FN4O3/c1-18(2,25)16(19)9-23-8-12-4-14(20)15(5-13(12)17(23)24)26-10-11-6-21-22(3)7-11/h4-7,16,25H,8-10,20H2,1-3H3/t16-/m0/s1. The number of rotatable bonds is 6. The van der Waals surface area contributed by atoms with Crippen LogP contribution in [0.25, 0.3) is 0 Å². The molecule has 1 atom stereocenters. The van der Waals surface area contributed by atoms with Crippen molar-refractivity contribution in [1.82, 2.24) is 14.7 Å². The first-order valence-corrected chi connectivity index (χ1v) is 8.33. The second kappa shape index (κ2) is 6.60. The van der Waals surface area contributed by atoms with E-state index in [1.807, 2.05) is 13.2 Å². The maximum Gasteiger partial charge on any atom is 0.254 e. The zero-order valence-electron chi connectivity index (χ0n) is 15.1. The fraction of sp³-hybridized carbons (Fsp3) is 0.444. The summed E-state index contributed by atoms with van der Waals surface area (Å²) in [6, 6.07) is 3.28. The number of aliphatic hydroxyl groups is 1. The maximum absolute atomic E-state index is 14.1. The van der Waals surface area contributed by atoms with Crippen LogP contribution in [-0.4, -0.2) is 44.0 Å². The van der Waals surface area contributed by atoms with Gasteiger partial charge in [0, 0.05) is 30.9 Å². The van der Waals surface area contributed by atoms with Gasteiger partial charge < -0.3 is 20.5 Å². The monoisotopic (exact) mass is 362 g/mol. The highest BCUT2D eigenvalue weighted by molar-refractivity contribution is 5.99. The van der Waals surface area contributed by atoms with Crippen LogP contribution < -0.4 is 10.5 Å².